The Kier molecular flexibility index (Phi) is 9.27. The molecule has 0 amide bonds. The third kappa shape index (κ3) is 6.59. The lowest BCUT2D eigenvalue weighted by Gasteiger charge is -2.33. The van der Waals surface area contributed by atoms with Crippen molar-refractivity contribution in [2.24, 2.45) is 10.9 Å². The fourth-order valence-electron chi connectivity index (χ4n) is 4.46. The summed E-state index contributed by atoms with van der Waals surface area (Å²) in [7, 11) is 1.88. The van der Waals surface area contributed by atoms with Gasteiger partial charge in [0.2, 0.25) is 0 Å². The van der Waals surface area contributed by atoms with Gasteiger partial charge in [-0.3, -0.25) is 9.89 Å². The van der Waals surface area contributed by atoms with Gasteiger partial charge >= 0.3 is 0 Å². The molecule has 3 heterocycles. The third-order valence-corrected chi connectivity index (χ3v) is 6.86. The molecule has 1 aromatic heterocycles. The number of hydrogen-bond donors (Lipinski definition) is 2. The van der Waals surface area contributed by atoms with E-state index in [1.807, 2.05) is 18.4 Å². The van der Waals surface area contributed by atoms with E-state index >= 15 is 0 Å². The van der Waals surface area contributed by atoms with E-state index in [0.717, 1.165) is 38.6 Å². The minimum atomic E-state index is 0. The molecular formula is C23H34IN5S. The Bertz CT molecular complexity index is 767. The van der Waals surface area contributed by atoms with Crippen LogP contribution in [0.25, 0.3) is 0 Å². The predicted octanol–water partition coefficient (Wildman–Crippen LogP) is 4.02. The van der Waals surface area contributed by atoms with Crippen LogP contribution in [0.4, 0.5) is 5.69 Å². The maximum Gasteiger partial charge on any atom is 0.191 e. The predicted molar refractivity (Wildman–Crippen MR) is 139 cm³/mol. The molecule has 2 saturated heterocycles. The van der Waals surface area contributed by atoms with Gasteiger partial charge in [0.25, 0.3) is 0 Å². The molecule has 2 aliphatic rings. The summed E-state index contributed by atoms with van der Waals surface area (Å²) in [6.07, 6.45) is 3.74. The van der Waals surface area contributed by atoms with E-state index in [1.165, 1.54) is 36.5 Å². The van der Waals surface area contributed by atoms with Gasteiger partial charge in [0.15, 0.2) is 5.96 Å². The number of benzene rings is 1. The lowest BCUT2D eigenvalue weighted by Crippen LogP contribution is -2.47. The summed E-state index contributed by atoms with van der Waals surface area (Å²) in [4.78, 5) is 11.0. The van der Waals surface area contributed by atoms with Crippen LogP contribution in [0.15, 0.2) is 52.8 Å². The Morgan fingerprint density at radius 3 is 2.73 bits per heavy atom. The van der Waals surface area contributed by atoms with Gasteiger partial charge in [-0.2, -0.15) is 0 Å². The number of anilines is 1. The number of halogens is 1. The van der Waals surface area contributed by atoms with Gasteiger partial charge in [-0.25, -0.2) is 0 Å². The zero-order valence-electron chi connectivity index (χ0n) is 17.8. The number of nitrogens with one attached hydrogen (secondary N) is 2. The summed E-state index contributed by atoms with van der Waals surface area (Å²) in [6.45, 7) is 6.61. The van der Waals surface area contributed by atoms with Gasteiger partial charge in [0, 0.05) is 56.4 Å². The molecule has 164 valence electrons. The van der Waals surface area contributed by atoms with Crippen LogP contribution in [0.1, 0.15) is 24.1 Å². The number of rotatable bonds is 6. The second kappa shape index (κ2) is 11.9. The highest BCUT2D eigenvalue weighted by Gasteiger charge is 2.24. The second-order valence-corrected chi connectivity index (χ2v) is 9.22. The van der Waals surface area contributed by atoms with E-state index in [2.05, 4.69) is 73.3 Å². The monoisotopic (exact) mass is 539 g/mol. The molecule has 5 nitrogen and oxygen atoms in total. The van der Waals surface area contributed by atoms with E-state index in [-0.39, 0.29) is 24.0 Å². The van der Waals surface area contributed by atoms with Crippen molar-refractivity contribution in [3.05, 3.63) is 52.7 Å². The number of aliphatic imine (C=N–C) groups is 1. The molecule has 2 atom stereocenters. The van der Waals surface area contributed by atoms with Crippen LogP contribution >= 0.6 is 35.3 Å². The summed E-state index contributed by atoms with van der Waals surface area (Å²) < 4.78 is 0. The van der Waals surface area contributed by atoms with E-state index in [0.29, 0.717) is 12.0 Å². The molecule has 7 heteroatoms. The molecule has 2 aromatic rings. The molecule has 0 radical (unpaired) electrons. The van der Waals surface area contributed by atoms with Gasteiger partial charge in [-0.1, -0.05) is 24.3 Å². The lowest BCUT2D eigenvalue weighted by atomic mass is 9.98. The number of nitrogens with zero attached hydrogens (tertiary/aromatic N) is 3. The molecule has 0 saturated carbocycles. The van der Waals surface area contributed by atoms with Gasteiger partial charge in [-0.15, -0.1) is 35.3 Å². The first-order chi connectivity index (χ1) is 14.3. The molecular weight excluding hydrogens is 505 g/mol. The number of piperidine rings is 1. The topological polar surface area (TPSA) is 42.9 Å². The highest BCUT2D eigenvalue weighted by Crippen LogP contribution is 2.21. The van der Waals surface area contributed by atoms with E-state index in [4.69, 9.17) is 0 Å². The Labute approximate surface area is 202 Å². The SMILES string of the molecule is CN=C(NCC1CCCN(Cc2cccs2)C1)NC1CCN(c2ccccc2)C1.I. The number of hydrogen-bond acceptors (Lipinski definition) is 4. The normalized spacial score (nSPS) is 22.6. The van der Waals surface area contributed by atoms with Gasteiger partial charge in [0.05, 0.1) is 0 Å². The first kappa shape index (κ1) is 23.3. The Morgan fingerprint density at radius 1 is 1.10 bits per heavy atom. The number of likely N-dealkylation sites (tertiary alicyclic amines) is 1. The summed E-state index contributed by atoms with van der Waals surface area (Å²) in [5.74, 6) is 1.63. The van der Waals surface area contributed by atoms with Crippen LogP contribution in [0, 0.1) is 5.92 Å². The second-order valence-electron chi connectivity index (χ2n) is 8.19. The van der Waals surface area contributed by atoms with Crippen molar-refractivity contribution in [3.63, 3.8) is 0 Å². The molecule has 2 fully saturated rings. The molecule has 0 aliphatic carbocycles. The molecule has 1 aromatic carbocycles. The third-order valence-electron chi connectivity index (χ3n) is 5.99. The first-order valence-corrected chi connectivity index (χ1v) is 11.7. The van der Waals surface area contributed by atoms with E-state index in [9.17, 15) is 0 Å². The van der Waals surface area contributed by atoms with Crippen molar-refractivity contribution >= 4 is 47.0 Å². The molecule has 2 N–H and O–H groups in total. The summed E-state index contributed by atoms with van der Waals surface area (Å²) in [6, 6.07) is 15.5. The summed E-state index contributed by atoms with van der Waals surface area (Å²) in [5.41, 5.74) is 1.31. The van der Waals surface area contributed by atoms with Crippen molar-refractivity contribution in [1.82, 2.24) is 15.5 Å². The fourth-order valence-corrected chi connectivity index (χ4v) is 5.21. The van der Waals surface area contributed by atoms with Crippen LogP contribution in [0.3, 0.4) is 0 Å². The summed E-state index contributed by atoms with van der Waals surface area (Å²) >= 11 is 1.87. The average Bonchev–Trinajstić information content (AvgIpc) is 3.44. The van der Waals surface area contributed by atoms with Crippen LogP contribution < -0.4 is 15.5 Å². The largest absolute Gasteiger partial charge is 0.369 e. The van der Waals surface area contributed by atoms with Crippen LogP contribution in [-0.4, -0.2) is 56.7 Å². The van der Waals surface area contributed by atoms with Crippen molar-refractivity contribution in [2.45, 2.75) is 31.8 Å². The maximum atomic E-state index is 4.48. The minimum Gasteiger partial charge on any atom is -0.369 e. The Morgan fingerprint density at radius 2 is 1.97 bits per heavy atom. The fraction of sp³-hybridized carbons (Fsp3) is 0.522. The minimum absolute atomic E-state index is 0. The van der Waals surface area contributed by atoms with Crippen molar-refractivity contribution in [2.75, 3.05) is 44.7 Å². The molecule has 0 spiro atoms. The molecule has 0 bridgehead atoms. The van der Waals surface area contributed by atoms with Gasteiger partial charge in [-0.05, 0) is 55.3 Å². The van der Waals surface area contributed by atoms with Crippen LogP contribution in [0.5, 0.6) is 0 Å². The standard InChI is InChI=1S/C23H33N5S.HI/c1-24-23(26-20-11-13-28(17-20)21-8-3-2-4-9-21)25-15-19-7-5-12-27(16-19)18-22-10-6-14-29-22;/h2-4,6,8-10,14,19-20H,5,7,11-13,15-18H2,1H3,(H2,24,25,26);1H. The molecule has 2 unspecified atom stereocenters. The van der Waals surface area contributed by atoms with E-state index < -0.39 is 0 Å². The van der Waals surface area contributed by atoms with Crippen molar-refractivity contribution in [3.8, 4) is 0 Å². The average molecular weight is 540 g/mol. The zero-order valence-corrected chi connectivity index (χ0v) is 20.9. The highest BCUT2D eigenvalue weighted by molar-refractivity contribution is 14.0. The maximum absolute atomic E-state index is 4.48. The first-order valence-electron chi connectivity index (χ1n) is 10.8. The number of guanidine groups is 1. The quantitative estimate of drug-likeness (QED) is 0.331. The van der Waals surface area contributed by atoms with Crippen molar-refractivity contribution < 1.29 is 0 Å². The zero-order chi connectivity index (χ0) is 19.9. The highest BCUT2D eigenvalue weighted by atomic mass is 127. The molecule has 30 heavy (non-hydrogen) atoms. The molecule has 4 rings (SSSR count). The Hall–Kier alpha value is -1.32. The lowest BCUT2D eigenvalue weighted by molar-refractivity contribution is 0.169. The molecule has 2 aliphatic heterocycles. The van der Waals surface area contributed by atoms with Crippen LogP contribution in [0.2, 0.25) is 0 Å². The van der Waals surface area contributed by atoms with Crippen LogP contribution in [-0.2, 0) is 6.54 Å². The smallest absolute Gasteiger partial charge is 0.191 e. The summed E-state index contributed by atoms with van der Waals surface area (Å²) in [5, 5.41) is 9.41. The van der Waals surface area contributed by atoms with E-state index in [1.54, 1.807) is 0 Å². The van der Waals surface area contributed by atoms with Gasteiger partial charge in [0.1, 0.15) is 0 Å². The van der Waals surface area contributed by atoms with Crippen molar-refractivity contribution in [1.29, 1.82) is 0 Å². The number of thiophene rings is 1. The van der Waals surface area contributed by atoms with Gasteiger partial charge < -0.3 is 15.5 Å². The number of para-hydroxylation sites is 1. The Balaban J connectivity index is 0.00000256.